The second-order valence-electron chi connectivity index (χ2n) is 5.62. The molecule has 2 amide bonds. The van der Waals surface area contributed by atoms with Crippen LogP contribution in [0.3, 0.4) is 0 Å². The number of anilines is 1. The molecule has 0 fully saturated rings. The summed E-state index contributed by atoms with van der Waals surface area (Å²) in [5.74, 6) is 0.459. The number of hydrogen-bond acceptors (Lipinski definition) is 5. The topological polar surface area (TPSA) is 89.0 Å². The zero-order valence-electron chi connectivity index (χ0n) is 14.5. The van der Waals surface area contributed by atoms with E-state index >= 15 is 0 Å². The van der Waals surface area contributed by atoms with Crippen LogP contribution in [-0.2, 0) is 0 Å². The molecular weight excluding hydrogens is 330 g/mol. The first-order valence-electron chi connectivity index (χ1n) is 8.10. The van der Waals surface area contributed by atoms with Crippen LogP contribution in [0.15, 0.2) is 61.1 Å². The van der Waals surface area contributed by atoms with E-state index in [1.165, 1.54) is 7.11 Å². The minimum absolute atomic E-state index is 0.105. The van der Waals surface area contributed by atoms with E-state index in [9.17, 15) is 4.79 Å². The average molecular weight is 349 g/mol. The van der Waals surface area contributed by atoms with Crippen LogP contribution in [0.4, 0.5) is 10.6 Å². The number of urea groups is 1. The van der Waals surface area contributed by atoms with Gasteiger partial charge in [0.05, 0.1) is 13.2 Å². The summed E-state index contributed by atoms with van der Waals surface area (Å²) in [5.41, 5.74) is 2.69. The van der Waals surface area contributed by atoms with Crippen molar-refractivity contribution in [1.82, 2.24) is 20.3 Å². The maximum Gasteiger partial charge on any atom is 0.320 e. The maximum absolute atomic E-state index is 12.1. The summed E-state index contributed by atoms with van der Waals surface area (Å²) in [6.07, 6.45) is 4.97. The van der Waals surface area contributed by atoms with Crippen LogP contribution >= 0.6 is 0 Å². The van der Waals surface area contributed by atoms with Crippen molar-refractivity contribution in [2.24, 2.45) is 0 Å². The fourth-order valence-corrected chi connectivity index (χ4v) is 2.38. The highest BCUT2D eigenvalue weighted by atomic mass is 16.5. The zero-order chi connectivity index (χ0) is 18.4. The molecule has 0 bridgehead atoms. The highest BCUT2D eigenvalue weighted by molar-refractivity contribution is 5.88. The van der Waals surface area contributed by atoms with Crippen LogP contribution in [0.2, 0.25) is 0 Å². The molecule has 7 nitrogen and oxygen atoms in total. The molecule has 3 rings (SSSR count). The van der Waals surface area contributed by atoms with E-state index in [1.54, 1.807) is 24.7 Å². The van der Waals surface area contributed by atoms with Crippen molar-refractivity contribution >= 4 is 11.8 Å². The Morgan fingerprint density at radius 3 is 2.27 bits per heavy atom. The van der Waals surface area contributed by atoms with Crippen molar-refractivity contribution in [2.45, 2.75) is 13.0 Å². The van der Waals surface area contributed by atoms with Gasteiger partial charge in [0.2, 0.25) is 0 Å². The summed E-state index contributed by atoms with van der Waals surface area (Å²) in [5, 5.41) is 5.61. The lowest BCUT2D eigenvalue weighted by Crippen LogP contribution is -2.31. The quantitative estimate of drug-likeness (QED) is 0.737. The van der Waals surface area contributed by atoms with Crippen LogP contribution in [0.1, 0.15) is 18.5 Å². The third kappa shape index (κ3) is 4.32. The first-order chi connectivity index (χ1) is 12.7. The monoisotopic (exact) mass is 349 g/mol. The molecule has 0 aliphatic rings. The van der Waals surface area contributed by atoms with Crippen molar-refractivity contribution in [3.8, 4) is 17.1 Å². The normalized spacial score (nSPS) is 11.5. The van der Waals surface area contributed by atoms with Crippen LogP contribution < -0.4 is 15.4 Å². The van der Waals surface area contributed by atoms with Gasteiger partial charge in [0, 0.05) is 29.7 Å². The van der Waals surface area contributed by atoms with Crippen molar-refractivity contribution in [3.63, 3.8) is 0 Å². The summed E-state index contributed by atoms with van der Waals surface area (Å²) >= 11 is 0. The lowest BCUT2D eigenvalue weighted by Gasteiger charge is -2.14. The van der Waals surface area contributed by atoms with Crippen LogP contribution in [0.5, 0.6) is 6.01 Å². The molecule has 0 saturated carbocycles. The Balaban J connectivity index is 1.60. The number of nitrogens with zero attached hydrogens (tertiary/aromatic N) is 3. The van der Waals surface area contributed by atoms with Gasteiger partial charge in [-0.05, 0) is 24.6 Å². The van der Waals surface area contributed by atoms with Gasteiger partial charge in [-0.15, -0.1) is 0 Å². The number of carbonyl (C=O) groups is 1. The number of rotatable bonds is 5. The third-order valence-corrected chi connectivity index (χ3v) is 3.80. The lowest BCUT2D eigenvalue weighted by molar-refractivity contribution is 0.249. The molecule has 132 valence electrons. The fourth-order valence-electron chi connectivity index (χ4n) is 2.38. The second-order valence-corrected chi connectivity index (χ2v) is 5.62. The molecule has 2 aromatic heterocycles. The van der Waals surface area contributed by atoms with E-state index in [-0.39, 0.29) is 12.1 Å². The van der Waals surface area contributed by atoms with Gasteiger partial charge in [-0.25, -0.2) is 19.7 Å². The molecule has 0 unspecified atom stereocenters. The molecule has 1 aromatic carbocycles. The number of benzene rings is 1. The predicted molar refractivity (Wildman–Crippen MR) is 98.8 cm³/mol. The number of carbonyl (C=O) groups excluding carboxylic acids is 1. The van der Waals surface area contributed by atoms with E-state index in [4.69, 9.17) is 4.74 Å². The van der Waals surface area contributed by atoms with Crippen molar-refractivity contribution in [1.29, 1.82) is 0 Å². The Morgan fingerprint density at radius 2 is 1.65 bits per heavy atom. The van der Waals surface area contributed by atoms with Gasteiger partial charge in [-0.1, -0.05) is 30.3 Å². The predicted octanol–water partition coefficient (Wildman–Crippen LogP) is 3.43. The minimum atomic E-state index is -0.311. The van der Waals surface area contributed by atoms with Gasteiger partial charge in [-0.2, -0.15) is 0 Å². The van der Waals surface area contributed by atoms with Gasteiger partial charge in [0.25, 0.3) is 0 Å². The molecular formula is C19H19N5O2. The molecule has 7 heteroatoms. The average Bonchev–Trinajstić information content (AvgIpc) is 2.69. The van der Waals surface area contributed by atoms with E-state index in [2.05, 4.69) is 25.6 Å². The summed E-state index contributed by atoms with van der Waals surface area (Å²) < 4.78 is 4.94. The summed E-state index contributed by atoms with van der Waals surface area (Å²) in [4.78, 5) is 24.5. The van der Waals surface area contributed by atoms with Crippen molar-refractivity contribution < 1.29 is 9.53 Å². The van der Waals surface area contributed by atoms with E-state index in [0.717, 1.165) is 16.7 Å². The number of aromatic nitrogens is 3. The van der Waals surface area contributed by atoms with Crippen molar-refractivity contribution in [2.75, 3.05) is 12.4 Å². The molecule has 26 heavy (non-hydrogen) atoms. The van der Waals surface area contributed by atoms with Crippen molar-refractivity contribution in [3.05, 3.63) is 66.6 Å². The highest BCUT2D eigenvalue weighted by Gasteiger charge is 2.10. The number of ether oxygens (including phenoxy) is 1. The second kappa shape index (κ2) is 8.06. The SMILES string of the molecule is COc1ncc(-c2ccc(NC(=O)N[C@H](C)c3ccccc3)nc2)cn1. The third-order valence-electron chi connectivity index (χ3n) is 3.80. The van der Waals surface area contributed by atoms with Gasteiger partial charge in [0.15, 0.2) is 0 Å². The van der Waals surface area contributed by atoms with E-state index < -0.39 is 0 Å². The molecule has 0 saturated heterocycles. The van der Waals surface area contributed by atoms with E-state index in [1.807, 2.05) is 43.3 Å². The Bertz CT molecular complexity index is 851. The Morgan fingerprint density at radius 1 is 0.962 bits per heavy atom. The smallest absolute Gasteiger partial charge is 0.320 e. The molecule has 1 atom stereocenters. The molecule has 0 radical (unpaired) electrons. The van der Waals surface area contributed by atoms with Crippen LogP contribution in [0, 0.1) is 0 Å². The summed E-state index contributed by atoms with van der Waals surface area (Å²) in [6, 6.07) is 13.2. The molecule has 0 aliphatic heterocycles. The van der Waals surface area contributed by atoms with Gasteiger partial charge in [0.1, 0.15) is 5.82 Å². The van der Waals surface area contributed by atoms with Crippen LogP contribution in [-0.4, -0.2) is 28.1 Å². The summed E-state index contributed by atoms with van der Waals surface area (Å²) in [7, 11) is 1.51. The first kappa shape index (κ1) is 17.3. The lowest BCUT2D eigenvalue weighted by atomic mass is 10.1. The number of methoxy groups -OCH3 is 1. The maximum atomic E-state index is 12.1. The Labute approximate surface area is 151 Å². The number of pyridine rings is 1. The first-order valence-corrected chi connectivity index (χ1v) is 8.10. The Hall–Kier alpha value is -3.48. The van der Waals surface area contributed by atoms with E-state index in [0.29, 0.717) is 11.8 Å². The Kier molecular flexibility index (Phi) is 5.38. The fraction of sp³-hybridized carbons (Fsp3) is 0.158. The molecule has 3 aromatic rings. The largest absolute Gasteiger partial charge is 0.467 e. The summed E-state index contributed by atoms with van der Waals surface area (Å²) in [6.45, 7) is 1.93. The number of hydrogen-bond donors (Lipinski definition) is 2. The standard InChI is InChI=1S/C19H19N5O2/c1-13(14-6-4-3-5-7-14)23-18(25)24-17-9-8-15(10-20-17)16-11-21-19(26-2)22-12-16/h3-13H,1-2H3,(H2,20,23,24,25)/t13-/m1/s1. The van der Waals surface area contributed by atoms with Gasteiger partial charge < -0.3 is 10.1 Å². The molecule has 0 spiro atoms. The van der Waals surface area contributed by atoms with Gasteiger partial charge >= 0.3 is 12.0 Å². The van der Waals surface area contributed by atoms with Crippen LogP contribution in [0.25, 0.3) is 11.1 Å². The highest BCUT2D eigenvalue weighted by Crippen LogP contribution is 2.19. The number of amides is 2. The zero-order valence-corrected chi connectivity index (χ0v) is 14.5. The molecule has 2 N–H and O–H groups in total. The molecule has 2 heterocycles. The van der Waals surface area contributed by atoms with Gasteiger partial charge in [-0.3, -0.25) is 5.32 Å². The molecule has 0 aliphatic carbocycles. The number of nitrogens with one attached hydrogen (secondary N) is 2. The minimum Gasteiger partial charge on any atom is -0.467 e.